The maximum Gasteiger partial charge on any atom is 0.319 e. The number of carboxylic acid groups (broad SMARTS) is 1. The van der Waals surface area contributed by atoms with Crippen LogP contribution in [0.2, 0.25) is 0 Å². The number of rotatable bonds is 8. The SMILES string of the molecule is CCC(CC)(CC(=O)CNC(=O)Nc1ccc(Br)cc1)C(=O)O. The molecule has 1 aromatic rings. The van der Waals surface area contributed by atoms with Gasteiger partial charge in [0.2, 0.25) is 0 Å². The lowest BCUT2D eigenvalue weighted by Crippen LogP contribution is -2.38. The number of halogens is 1. The number of amides is 2. The van der Waals surface area contributed by atoms with Gasteiger partial charge in [-0.25, -0.2) is 4.79 Å². The molecule has 1 aromatic carbocycles. The molecular weight excluding hydrogens is 364 g/mol. The number of anilines is 1. The number of Topliss-reactive ketones (excluding diaryl/α,β-unsaturated/α-hetero) is 1. The molecule has 0 aliphatic heterocycles. The summed E-state index contributed by atoms with van der Waals surface area (Å²) in [7, 11) is 0. The van der Waals surface area contributed by atoms with Crippen LogP contribution in [-0.4, -0.2) is 29.4 Å². The third-order valence-corrected chi connectivity index (χ3v) is 4.42. The normalized spacial score (nSPS) is 10.9. The van der Waals surface area contributed by atoms with Crippen LogP contribution in [0, 0.1) is 5.41 Å². The van der Waals surface area contributed by atoms with Crippen LogP contribution < -0.4 is 10.6 Å². The van der Waals surface area contributed by atoms with Gasteiger partial charge in [0.1, 0.15) is 0 Å². The van der Waals surface area contributed by atoms with E-state index in [1.807, 2.05) is 0 Å². The highest BCUT2D eigenvalue weighted by Crippen LogP contribution is 2.31. The molecule has 0 saturated heterocycles. The summed E-state index contributed by atoms with van der Waals surface area (Å²) in [4.78, 5) is 35.1. The highest BCUT2D eigenvalue weighted by atomic mass is 79.9. The first-order valence-corrected chi connectivity index (χ1v) is 8.17. The summed E-state index contributed by atoms with van der Waals surface area (Å²) in [6, 6.07) is 6.49. The molecule has 2 amide bonds. The average molecular weight is 385 g/mol. The summed E-state index contributed by atoms with van der Waals surface area (Å²) < 4.78 is 0.891. The van der Waals surface area contributed by atoms with Crippen molar-refractivity contribution in [2.24, 2.45) is 5.41 Å². The molecule has 1 rings (SSSR count). The lowest BCUT2D eigenvalue weighted by atomic mass is 9.78. The molecule has 0 atom stereocenters. The van der Waals surface area contributed by atoms with Crippen LogP contribution in [0.3, 0.4) is 0 Å². The molecule has 0 radical (unpaired) electrons. The Kier molecular flexibility index (Phi) is 7.22. The number of hydrogen-bond acceptors (Lipinski definition) is 3. The molecule has 0 spiro atoms. The van der Waals surface area contributed by atoms with Gasteiger partial charge in [-0.2, -0.15) is 0 Å². The van der Waals surface area contributed by atoms with Crippen molar-refractivity contribution in [2.75, 3.05) is 11.9 Å². The Labute approximate surface area is 143 Å². The second-order valence-corrected chi connectivity index (χ2v) is 6.24. The maximum atomic E-state index is 12.0. The summed E-state index contributed by atoms with van der Waals surface area (Å²) in [6.07, 6.45) is 0.652. The summed E-state index contributed by atoms with van der Waals surface area (Å²) >= 11 is 3.29. The van der Waals surface area contributed by atoms with E-state index in [1.165, 1.54) is 0 Å². The van der Waals surface area contributed by atoms with Crippen LogP contribution in [0.25, 0.3) is 0 Å². The van der Waals surface area contributed by atoms with Crippen molar-refractivity contribution < 1.29 is 19.5 Å². The largest absolute Gasteiger partial charge is 0.481 e. The van der Waals surface area contributed by atoms with E-state index in [-0.39, 0.29) is 18.7 Å². The van der Waals surface area contributed by atoms with Crippen LogP contribution >= 0.6 is 15.9 Å². The second-order valence-electron chi connectivity index (χ2n) is 5.32. The zero-order chi connectivity index (χ0) is 17.5. The fraction of sp³-hybridized carbons (Fsp3) is 0.438. The lowest BCUT2D eigenvalue weighted by Gasteiger charge is -2.25. The van der Waals surface area contributed by atoms with Crippen LogP contribution in [0.5, 0.6) is 0 Å². The first-order valence-electron chi connectivity index (χ1n) is 7.38. The Balaban J connectivity index is 2.50. The number of nitrogens with one attached hydrogen (secondary N) is 2. The summed E-state index contributed by atoms with van der Waals surface area (Å²) in [6.45, 7) is 3.30. The van der Waals surface area contributed by atoms with Crippen LogP contribution in [0.15, 0.2) is 28.7 Å². The topological polar surface area (TPSA) is 95.5 Å². The van der Waals surface area contributed by atoms with Gasteiger partial charge < -0.3 is 15.7 Å². The summed E-state index contributed by atoms with van der Waals surface area (Å²) in [5, 5.41) is 14.4. The van der Waals surface area contributed by atoms with Crippen LogP contribution in [0.4, 0.5) is 10.5 Å². The van der Waals surface area contributed by atoms with Crippen molar-refractivity contribution in [3.63, 3.8) is 0 Å². The van der Waals surface area contributed by atoms with E-state index < -0.39 is 17.4 Å². The molecule has 0 aromatic heterocycles. The maximum absolute atomic E-state index is 12.0. The van der Waals surface area contributed by atoms with Gasteiger partial charge in [-0.3, -0.25) is 9.59 Å². The molecule has 0 heterocycles. The number of hydrogen-bond donors (Lipinski definition) is 3. The van der Waals surface area contributed by atoms with E-state index in [9.17, 15) is 19.5 Å². The van der Waals surface area contributed by atoms with Gasteiger partial charge in [0.15, 0.2) is 5.78 Å². The van der Waals surface area contributed by atoms with Crippen molar-refractivity contribution in [2.45, 2.75) is 33.1 Å². The number of aliphatic carboxylic acids is 1. The Hall–Kier alpha value is -1.89. The molecule has 0 saturated carbocycles. The number of benzene rings is 1. The summed E-state index contributed by atoms with van der Waals surface area (Å²) in [5.74, 6) is -1.28. The van der Waals surface area contributed by atoms with Gasteiger partial charge in [-0.05, 0) is 37.1 Å². The third kappa shape index (κ3) is 5.67. The zero-order valence-electron chi connectivity index (χ0n) is 13.2. The number of urea groups is 1. The average Bonchev–Trinajstić information content (AvgIpc) is 2.52. The highest BCUT2D eigenvalue weighted by molar-refractivity contribution is 9.10. The van der Waals surface area contributed by atoms with Gasteiger partial charge in [0, 0.05) is 16.6 Å². The predicted octanol–water partition coefficient (Wildman–Crippen LogP) is 3.42. The Morgan fingerprint density at radius 1 is 1.13 bits per heavy atom. The van der Waals surface area contributed by atoms with Crippen molar-refractivity contribution in [1.29, 1.82) is 0 Å². The number of carbonyl (C=O) groups is 3. The molecule has 126 valence electrons. The van der Waals surface area contributed by atoms with E-state index >= 15 is 0 Å². The highest BCUT2D eigenvalue weighted by Gasteiger charge is 2.36. The van der Waals surface area contributed by atoms with Crippen molar-refractivity contribution in [3.05, 3.63) is 28.7 Å². The van der Waals surface area contributed by atoms with Crippen molar-refractivity contribution in [3.8, 4) is 0 Å². The lowest BCUT2D eigenvalue weighted by molar-refractivity contribution is -0.152. The molecule has 6 nitrogen and oxygen atoms in total. The minimum atomic E-state index is -1.05. The van der Waals surface area contributed by atoms with E-state index in [0.717, 1.165) is 4.47 Å². The molecule has 0 fully saturated rings. The smallest absolute Gasteiger partial charge is 0.319 e. The van der Waals surface area contributed by atoms with Crippen molar-refractivity contribution >= 4 is 39.4 Å². The van der Waals surface area contributed by atoms with Gasteiger partial charge in [0.25, 0.3) is 0 Å². The molecular formula is C16H21BrN2O4. The van der Waals surface area contributed by atoms with Crippen LogP contribution in [0.1, 0.15) is 33.1 Å². The van der Waals surface area contributed by atoms with Crippen molar-refractivity contribution in [1.82, 2.24) is 5.32 Å². The molecule has 0 aliphatic rings. The number of ketones is 1. The Morgan fingerprint density at radius 2 is 1.70 bits per heavy atom. The Bertz CT molecular complexity index is 568. The zero-order valence-corrected chi connectivity index (χ0v) is 14.8. The molecule has 0 unspecified atom stereocenters. The Morgan fingerprint density at radius 3 is 2.17 bits per heavy atom. The van der Waals surface area contributed by atoms with Crippen LogP contribution in [-0.2, 0) is 9.59 Å². The first kappa shape index (κ1) is 19.2. The molecule has 3 N–H and O–H groups in total. The second kappa shape index (κ2) is 8.67. The van der Waals surface area contributed by atoms with E-state index in [0.29, 0.717) is 18.5 Å². The first-order chi connectivity index (χ1) is 10.8. The van der Waals surface area contributed by atoms with E-state index in [1.54, 1.807) is 38.1 Å². The predicted molar refractivity (Wildman–Crippen MR) is 91.4 cm³/mol. The monoisotopic (exact) mass is 384 g/mol. The van der Waals surface area contributed by atoms with E-state index in [2.05, 4.69) is 26.6 Å². The minimum absolute atomic E-state index is 0.0894. The summed E-state index contributed by atoms with van der Waals surface area (Å²) in [5.41, 5.74) is -0.457. The third-order valence-electron chi connectivity index (χ3n) is 3.89. The van der Waals surface area contributed by atoms with Gasteiger partial charge in [-0.15, -0.1) is 0 Å². The number of carbonyl (C=O) groups excluding carboxylic acids is 2. The fourth-order valence-corrected chi connectivity index (χ4v) is 2.47. The van der Waals surface area contributed by atoms with Gasteiger partial charge in [0.05, 0.1) is 12.0 Å². The molecule has 23 heavy (non-hydrogen) atoms. The quantitative estimate of drug-likeness (QED) is 0.639. The van der Waals surface area contributed by atoms with E-state index in [4.69, 9.17) is 0 Å². The standard InChI is InChI=1S/C16H21BrN2O4/c1-3-16(4-2,14(21)22)9-13(20)10-18-15(23)19-12-7-5-11(17)6-8-12/h5-8H,3-4,9-10H2,1-2H3,(H,21,22)(H2,18,19,23). The minimum Gasteiger partial charge on any atom is -0.481 e. The fourth-order valence-electron chi connectivity index (χ4n) is 2.21. The molecule has 0 bridgehead atoms. The number of carboxylic acids is 1. The van der Waals surface area contributed by atoms with Gasteiger partial charge in [-0.1, -0.05) is 29.8 Å². The molecule has 0 aliphatic carbocycles. The van der Waals surface area contributed by atoms with Gasteiger partial charge >= 0.3 is 12.0 Å². The molecule has 7 heteroatoms.